The number of hydrogen-bond donors (Lipinski definition) is 1. The van der Waals surface area contributed by atoms with E-state index in [1.54, 1.807) is 0 Å². The molecule has 1 unspecified atom stereocenters. The van der Waals surface area contributed by atoms with Crippen molar-refractivity contribution in [1.29, 1.82) is 0 Å². The summed E-state index contributed by atoms with van der Waals surface area (Å²) in [4.78, 5) is 11.0. The first kappa shape index (κ1) is 14.9. The molecule has 4 heteroatoms. The zero-order valence-corrected chi connectivity index (χ0v) is 12.3. The van der Waals surface area contributed by atoms with Crippen molar-refractivity contribution in [3.8, 4) is 0 Å². The molecule has 18 heavy (non-hydrogen) atoms. The molecule has 0 saturated carbocycles. The maximum absolute atomic E-state index is 5.93. The van der Waals surface area contributed by atoms with E-state index in [9.17, 15) is 0 Å². The summed E-state index contributed by atoms with van der Waals surface area (Å²) in [5, 5.41) is 0. The van der Waals surface area contributed by atoms with Crippen LogP contribution in [0.2, 0.25) is 0 Å². The molecular weight excluding hydrogens is 224 g/mol. The molecule has 1 aromatic rings. The fraction of sp³-hybridized carbons (Fsp3) is 0.714. The Bertz CT molecular complexity index is 359. The molecule has 0 spiro atoms. The van der Waals surface area contributed by atoms with Crippen LogP contribution >= 0.6 is 0 Å². The molecule has 0 amide bonds. The summed E-state index contributed by atoms with van der Waals surface area (Å²) in [7, 11) is 2.04. The van der Waals surface area contributed by atoms with Gasteiger partial charge in [0.15, 0.2) is 0 Å². The molecule has 2 N–H and O–H groups in total. The summed E-state index contributed by atoms with van der Waals surface area (Å²) in [6, 6.07) is 0.198. The second-order valence-corrected chi connectivity index (χ2v) is 5.49. The second-order valence-electron chi connectivity index (χ2n) is 5.49. The van der Waals surface area contributed by atoms with Crippen molar-refractivity contribution < 1.29 is 0 Å². The summed E-state index contributed by atoms with van der Waals surface area (Å²) in [5.41, 5.74) is 7.11. The van der Waals surface area contributed by atoms with Crippen LogP contribution in [0, 0.1) is 0 Å². The monoisotopic (exact) mass is 250 g/mol. The van der Waals surface area contributed by atoms with Crippen LogP contribution in [0.4, 0.5) is 5.95 Å². The van der Waals surface area contributed by atoms with Crippen LogP contribution in [-0.2, 0) is 6.42 Å². The maximum Gasteiger partial charge on any atom is 0.225 e. The maximum atomic E-state index is 5.93. The van der Waals surface area contributed by atoms with E-state index in [-0.39, 0.29) is 11.6 Å². The molecule has 0 radical (unpaired) electrons. The average molecular weight is 250 g/mol. The van der Waals surface area contributed by atoms with Crippen LogP contribution < -0.4 is 10.6 Å². The van der Waals surface area contributed by atoms with Gasteiger partial charge in [0.05, 0.1) is 0 Å². The smallest absolute Gasteiger partial charge is 0.225 e. The Labute approximate surface area is 111 Å². The van der Waals surface area contributed by atoms with Crippen LogP contribution in [0.25, 0.3) is 0 Å². The lowest BCUT2D eigenvalue weighted by Crippen LogP contribution is -2.41. The lowest BCUT2D eigenvalue weighted by atomic mass is 10.0. The van der Waals surface area contributed by atoms with E-state index in [0.29, 0.717) is 0 Å². The summed E-state index contributed by atoms with van der Waals surface area (Å²) >= 11 is 0. The fourth-order valence-electron chi connectivity index (χ4n) is 1.58. The molecule has 1 rings (SSSR count). The summed E-state index contributed by atoms with van der Waals surface area (Å²) < 4.78 is 0. The normalized spacial score (nSPS) is 13.4. The molecule has 4 nitrogen and oxygen atoms in total. The van der Waals surface area contributed by atoms with Gasteiger partial charge in [0, 0.05) is 31.0 Å². The van der Waals surface area contributed by atoms with Gasteiger partial charge in [-0.3, -0.25) is 0 Å². The first-order valence-corrected chi connectivity index (χ1v) is 6.71. The van der Waals surface area contributed by atoms with Crippen molar-refractivity contribution in [2.24, 2.45) is 5.73 Å². The van der Waals surface area contributed by atoms with Crippen molar-refractivity contribution in [1.82, 2.24) is 9.97 Å². The van der Waals surface area contributed by atoms with E-state index in [0.717, 1.165) is 30.8 Å². The first-order valence-electron chi connectivity index (χ1n) is 6.71. The SMILES string of the molecule is CCC(N)Cc1cnc(N(C)C(C)(C)CC)nc1. The van der Waals surface area contributed by atoms with E-state index in [2.05, 4.69) is 42.6 Å². The van der Waals surface area contributed by atoms with Crippen LogP contribution in [-0.4, -0.2) is 28.6 Å². The Hall–Kier alpha value is -1.16. The molecular formula is C14H26N4. The number of anilines is 1. The minimum atomic E-state index is 0.0708. The van der Waals surface area contributed by atoms with Gasteiger partial charge in [-0.2, -0.15) is 0 Å². The van der Waals surface area contributed by atoms with Crippen molar-refractivity contribution in [3.63, 3.8) is 0 Å². The Balaban J connectivity index is 2.76. The number of aromatic nitrogens is 2. The number of hydrogen-bond acceptors (Lipinski definition) is 4. The van der Waals surface area contributed by atoms with Crippen LogP contribution in [0.5, 0.6) is 0 Å². The van der Waals surface area contributed by atoms with Gasteiger partial charge < -0.3 is 10.6 Å². The Kier molecular flexibility index (Phi) is 5.08. The highest BCUT2D eigenvalue weighted by atomic mass is 15.3. The molecule has 1 heterocycles. The van der Waals surface area contributed by atoms with Gasteiger partial charge in [-0.1, -0.05) is 13.8 Å². The third-order valence-electron chi connectivity index (χ3n) is 3.79. The van der Waals surface area contributed by atoms with E-state index < -0.39 is 0 Å². The minimum absolute atomic E-state index is 0.0708. The van der Waals surface area contributed by atoms with Crippen molar-refractivity contribution in [3.05, 3.63) is 18.0 Å². The van der Waals surface area contributed by atoms with Gasteiger partial charge in [-0.15, -0.1) is 0 Å². The van der Waals surface area contributed by atoms with Crippen molar-refractivity contribution >= 4 is 5.95 Å². The molecule has 102 valence electrons. The fourth-order valence-corrected chi connectivity index (χ4v) is 1.58. The number of rotatable bonds is 6. The first-order chi connectivity index (χ1) is 8.40. The molecule has 0 fully saturated rings. The molecule has 0 aromatic carbocycles. The summed E-state index contributed by atoms with van der Waals surface area (Å²) in [6.45, 7) is 8.65. The quantitative estimate of drug-likeness (QED) is 0.842. The Morgan fingerprint density at radius 2 is 1.83 bits per heavy atom. The van der Waals surface area contributed by atoms with Gasteiger partial charge >= 0.3 is 0 Å². The van der Waals surface area contributed by atoms with E-state index in [1.807, 2.05) is 19.4 Å². The minimum Gasteiger partial charge on any atom is -0.339 e. The standard InChI is InChI=1S/C14H26N4/c1-6-12(15)8-11-9-16-13(17-10-11)18(5)14(3,4)7-2/h9-10,12H,6-8,15H2,1-5H3. The van der Waals surface area contributed by atoms with Gasteiger partial charge in [0.25, 0.3) is 0 Å². The van der Waals surface area contributed by atoms with Crippen LogP contribution in [0.1, 0.15) is 46.1 Å². The molecule has 1 aromatic heterocycles. The predicted molar refractivity (Wildman–Crippen MR) is 76.8 cm³/mol. The molecule has 1 atom stereocenters. The van der Waals surface area contributed by atoms with Crippen LogP contribution in [0.3, 0.4) is 0 Å². The third-order valence-corrected chi connectivity index (χ3v) is 3.79. The Morgan fingerprint density at radius 3 is 2.28 bits per heavy atom. The van der Waals surface area contributed by atoms with Crippen LogP contribution in [0.15, 0.2) is 12.4 Å². The molecule has 0 aliphatic heterocycles. The zero-order chi connectivity index (χ0) is 13.8. The lowest BCUT2D eigenvalue weighted by Gasteiger charge is -2.34. The number of nitrogens with zero attached hydrogens (tertiary/aromatic N) is 3. The molecule has 0 bridgehead atoms. The summed E-state index contributed by atoms with van der Waals surface area (Å²) in [5.74, 6) is 0.774. The van der Waals surface area contributed by atoms with E-state index >= 15 is 0 Å². The largest absolute Gasteiger partial charge is 0.339 e. The Morgan fingerprint density at radius 1 is 1.28 bits per heavy atom. The third kappa shape index (κ3) is 3.67. The van der Waals surface area contributed by atoms with Crippen molar-refractivity contribution in [2.45, 2.75) is 58.5 Å². The van der Waals surface area contributed by atoms with Gasteiger partial charge in [-0.25, -0.2) is 9.97 Å². The van der Waals surface area contributed by atoms with Gasteiger partial charge in [0.2, 0.25) is 5.95 Å². The molecule has 0 saturated heterocycles. The average Bonchev–Trinajstić information content (AvgIpc) is 2.38. The highest BCUT2D eigenvalue weighted by Crippen LogP contribution is 2.21. The predicted octanol–water partition coefficient (Wildman–Crippen LogP) is 2.38. The topological polar surface area (TPSA) is 55.0 Å². The highest BCUT2D eigenvalue weighted by Gasteiger charge is 2.23. The molecule has 0 aliphatic rings. The van der Waals surface area contributed by atoms with Crippen molar-refractivity contribution in [2.75, 3.05) is 11.9 Å². The highest BCUT2D eigenvalue weighted by molar-refractivity contribution is 5.32. The second kappa shape index (κ2) is 6.14. The van der Waals surface area contributed by atoms with Gasteiger partial charge in [0.1, 0.15) is 0 Å². The molecule has 0 aliphatic carbocycles. The van der Waals surface area contributed by atoms with E-state index in [4.69, 9.17) is 5.73 Å². The van der Waals surface area contributed by atoms with E-state index in [1.165, 1.54) is 0 Å². The van der Waals surface area contributed by atoms with Gasteiger partial charge in [-0.05, 0) is 38.7 Å². The zero-order valence-electron chi connectivity index (χ0n) is 12.3. The lowest BCUT2D eigenvalue weighted by molar-refractivity contribution is 0.463. The number of nitrogens with two attached hydrogens (primary N) is 1. The summed E-state index contributed by atoms with van der Waals surface area (Å²) in [6.07, 6.45) is 6.65.